The minimum atomic E-state index is -0.208. The van der Waals surface area contributed by atoms with Gasteiger partial charge in [0.2, 0.25) is 0 Å². The van der Waals surface area contributed by atoms with Crippen LogP contribution < -0.4 is 5.32 Å². The van der Waals surface area contributed by atoms with Crippen LogP contribution in [0.3, 0.4) is 0 Å². The Labute approximate surface area is 109 Å². The number of nitrogens with zero attached hydrogens (tertiary/aromatic N) is 2. The molecule has 1 N–H and O–H groups in total. The molecule has 1 heterocycles. The molecule has 1 aromatic heterocycles. The molecule has 0 aliphatic rings. The van der Waals surface area contributed by atoms with E-state index in [9.17, 15) is 0 Å². The van der Waals surface area contributed by atoms with Crippen LogP contribution in [0.5, 0.6) is 0 Å². The Morgan fingerprint density at radius 1 is 1.28 bits per heavy atom. The standard InChI is InChI=1S/C13H25N3O2/c1-5-14-12(13(17-6-2)18-7-3)8-11-9-15-16(4)10-11/h9-10,12-14H,5-8H2,1-4H3. The second kappa shape index (κ2) is 8.24. The van der Waals surface area contributed by atoms with Gasteiger partial charge in [0, 0.05) is 26.5 Å². The van der Waals surface area contributed by atoms with E-state index in [1.54, 1.807) is 0 Å². The Balaban J connectivity index is 2.66. The molecule has 1 atom stereocenters. The maximum absolute atomic E-state index is 5.66. The van der Waals surface area contributed by atoms with Crippen LogP contribution in [0.2, 0.25) is 0 Å². The van der Waals surface area contributed by atoms with Crippen LogP contribution in [-0.4, -0.2) is 41.9 Å². The monoisotopic (exact) mass is 255 g/mol. The van der Waals surface area contributed by atoms with E-state index in [0.29, 0.717) is 13.2 Å². The number of ether oxygens (including phenoxy) is 2. The number of hydrogen-bond acceptors (Lipinski definition) is 4. The van der Waals surface area contributed by atoms with Crippen LogP contribution in [0.25, 0.3) is 0 Å². The third-order valence-corrected chi connectivity index (χ3v) is 2.67. The van der Waals surface area contributed by atoms with Crippen LogP contribution in [0.4, 0.5) is 0 Å². The first-order valence-corrected chi connectivity index (χ1v) is 6.65. The lowest BCUT2D eigenvalue weighted by atomic mass is 10.1. The topological polar surface area (TPSA) is 48.3 Å². The molecule has 0 saturated carbocycles. The quantitative estimate of drug-likeness (QED) is 0.677. The molecule has 0 aliphatic carbocycles. The summed E-state index contributed by atoms with van der Waals surface area (Å²) >= 11 is 0. The van der Waals surface area contributed by atoms with Gasteiger partial charge in [0.25, 0.3) is 0 Å². The molecule has 5 heteroatoms. The highest BCUT2D eigenvalue weighted by molar-refractivity contribution is 5.06. The summed E-state index contributed by atoms with van der Waals surface area (Å²) in [6.45, 7) is 8.25. The summed E-state index contributed by atoms with van der Waals surface area (Å²) in [5.41, 5.74) is 1.19. The average molecular weight is 255 g/mol. The lowest BCUT2D eigenvalue weighted by molar-refractivity contribution is -0.153. The Morgan fingerprint density at radius 2 is 1.94 bits per heavy atom. The largest absolute Gasteiger partial charge is 0.351 e. The highest BCUT2D eigenvalue weighted by atomic mass is 16.7. The molecule has 0 spiro atoms. The normalized spacial score (nSPS) is 13.2. The molecule has 1 rings (SSSR count). The molecular formula is C13H25N3O2. The molecule has 0 aliphatic heterocycles. The first-order chi connectivity index (χ1) is 8.71. The van der Waals surface area contributed by atoms with Crippen molar-refractivity contribution >= 4 is 0 Å². The highest BCUT2D eigenvalue weighted by Gasteiger charge is 2.22. The lowest BCUT2D eigenvalue weighted by Gasteiger charge is -2.27. The fourth-order valence-corrected chi connectivity index (χ4v) is 1.97. The van der Waals surface area contributed by atoms with Crippen LogP contribution in [0, 0.1) is 0 Å². The smallest absolute Gasteiger partial charge is 0.172 e. The molecule has 0 fully saturated rings. The van der Waals surface area contributed by atoms with Crippen molar-refractivity contribution in [3.8, 4) is 0 Å². The van der Waals surface area contributed by atoms with E-state index in [1.807, 2.05) is 38.0 Å². The van der Waals surface area contributed by atoms with E-state index >= 15 is 0 Å². The molecule has 5 nitrogen and oxygen atoms in total. The Morgan fingerprint density at radius 3 is 2.39 bits per heavy atom. The molecule has 0 aromatic carbocycles. The van der Waals surface area contributed by atoms with Gasteiger partial charge in [-0.05, 0) is 32.4 Å². The predicted octanol–water partition coefficient (Wildman–Crippen LogP) is 1.34. The van der Waals surface area contributed by atoms with Gasteiger partial charge in [-0.3, -0.25) is 4.68 Å². The zero-order chi connectivity index (χ0) is 13.4. The minimum Gasteiger partial charge on any atom is -0.351 e. The Kier molecular flexibility index (Phi) is 6.93. The van der Waals surface area contributed by atoms with Crippen molar-refractivity contribution in [3.05, 3.63) is 18.0 Å². The van der Waals surface area contributed by atoms with E-state index in [-0.39, 0.29) is 12.3 Å². The van der Waals surface area contributed by atoms with Crippen molar-refractivity contribution in [1.82, 2.24) is 15.1 Å². The van der Waals surface area contributed by atoms with Crippen LogP contribution >= 0.6 is 0 Å². The molecule has 0 amide bonds. The third kappa shape index (κ3) is 4.76. The molecule has 0 radical (unpaired) electrons. The molecule has 1 aromatic rings. The Bertz CT molecular complexity index is 322. The second-order valence-electron chi connectivity index (χ2n) is 4.17. The summed E-state index contributed by atoms with van der Waals surface area (Å²) in [7, 11) is 1.92. The Hall–Kier alpha value is -0.910. The number of likely N-dealkylation sites (N-methyl/N-ethyl adjacent to an activating group) is 1. The summed E-state index contributed by atoms with van der Waals surface area (Å²) in [5.74, 6) is 0. The fraction of sp³-hybridized carbons (Fsp3) is 0.769. The van der Waals surface area contributed by atoms with Crippen LogP contribution in [0.1, 0.15) is 26.3 Å². The zero-order valence-electron chi connectivity index (χ0n) is 11.8. The van der Waals surface area contributed by atoms with E-state index in [2.05, 4.69) is 17.3 Å². The van der Waals surface area contributed by atoms with Gasteiger partial charge < -0.3 is 14.8 Å². The average Bonchev–Trinajstić information content (AvgIpc) is 2.74. The number of rotatable bonds is 9. The summed E-state index contributed by atoms with van der Waals surface area (Å²) in [6.07, 6.45) is 4.56. The van der Waals surface area contributed by atoms with Gasteiger partial charge in [0.15, 0.2) is 6.29 Å². The molecule has 1 unspecified atom stereocenters. The number of aromatic nitrogens is 2. The third-order valence-electron chi connectivity index (χ3n) is 2.67. The maximum Gasteiger partial charge on any atom is 0.172 e. The summed E-state index contributed by atoms with van der Waals surface area (Å²) in [5, 5.41) is 7.61. The van der Waals surface area contributed by atoms with E-state index in [1.165, 1.54) is 5.56 Å². The summed E-state index contributed by atoms with van der Waals surface area (Å²) in [6, 6.07) is 0.152. The first-order valence-electron chi connectivity index (χ1n) is 6.65. The van der Waals surface area contributed by atoms with Gasteiger partial charge >= 0.3 is 0 Å². The van der Waals surface area contributed by atoms with E-state index < -0.39 is 0 Å². The molecule has 0 saturated heterocycles. The van der Waals surface area contributed by atoms with Crippen molar-refractivity contribution in [2.45, 2.75) is 39.5 Å². The molecule has 18 heavy (non-hydrogen) atoms. The number of nitrogens with one attached hydrogen (secondary N) is 1. The first kappa shape index (κ1) is 15.1. The SMILES string of the molecule is CCNC(Cc1cnn(C)c1)C(OCC)OCC. The zero-order valence-corrected chi connectivity index (χ0v) is 11.8. The van der Waals surface area contributed by atoms with Crippen molar-refractivity contribution < 1.29 is 9.47 Å². The molecule has 0 bridgehead atoms. The predicted molar refractivity (Wildman–Crippen MR) is 71.4 cm³/mol. The van der Waals surface area contributed by atoms with Gasteiger partial charge in [0.1, 0.15) is 0 Å². The van der Waals surface area contributed by atoms with Crippen molar-refractivity contribution in [2.75, 3.05) is 19.8 Å². The molecule has 104 valence electrons. The van der Waals surface area contributed by atoms with Gasteiger partial charge in [-0.1, -0.05) is 6.92 Å². The summed E-state index contributed by atoms with van der Waals surface area (Å²) < 4.78 is 13.1. The van der Waals surface area contributed by atoms with Gasteiger partial charge in [-0.25, -0.2) is 0 Å². The van der Waals surface area contributed by atoms with E-state index in [0.717, 1.165) is 13.0 Å². The van der Waals surface area contributed by atoms with Crippen LogP contribution in [0.15, 0.2) is 12.4 Å². The van der Waals surface area contributed by atoms with Gasteiger partial charge in [-0.15, -0.1) is 0 Å². The minimum absolute atomic E-state index is 0.152. The van der Waals surface area contributed by atoms with Gasteiger partial charge in [-0.2, -0.15) is 5.10 Å². The lowest BCUT2D eigenvalue weighted by Crippen LogP contribution is -2.44. The fourth-order valence-electron chi connectivity index (χ4n) is 1.97. The van der Waals surface area contributed by atoms with Crippen LogP contribution in [-0.2, 0) is 22.9 Å². The maximum atomic E-state index is 5.66. The van der Waals surface area contributed by atoms with Gasteiger partial charge in [0.05, 0.1) is 12.2 Å². The van der Waals surface area contributed by atoms with Crippen molar-refractivity contribution in [3.63, 3.8) is 0 Å². The highest BCUT2D eigenvalue weighted by Crippen LogP contribution is 2.09. The van der Waals surface area contributed by atoms with Crippen molar-refractivity contribution in [2.24, 2.45) is 7.05 Å². The molecular weight excluding hydrogens is 230 g/mol. The van der Waals surface area contributed by atoms with Crippen molar-refractivity contribution in [1.29, 1.82) is 0 Å². The van der Waals surface area contributed by atoms with E-state index in [4.69, 9.17) is 9.47 Å². The number of hydrogen-bond donors (Lipinski definition) is 1. The second-order valence-corrected chi connectivity index (χ2v) is 4.17. The number of aryl methyl sites for hydroxylation is 1. The summed E-state index contributed by atoms with van der Waals surface area (Å²) in [4.78, 5) is 0.